The van der Waals surface area contributed by atoms with Gasteiger partial charge in [0, 0.05) is 4.88 Å². The van der Waals surface area contributed by atoms with Gasteiger partial charge in [-0.2, -0.15) is 0 Å². The molecular formula is C18H21N3O2S. The molecule has 24 heavy (non-hydrogen) atoms. The second-order valence-corrected chi connectivity index (χ2v) is 7.31. The molecule has 5 nitrogen and oxygen atoms in total. The van der Waals surface area contributed by atoms with Crippen LogP contribution < -0.4 is 10.6 Å². The molecule has 126 valence electrons. The van der Waals surface area contributed by atoms with Crippen LogP contribution in [-0.2, 0) is 28.9 Å². The summed E-state index contributed by atoms with van der Waals surface area (Å²) in [5.41, 5.74) is 2.04. The molecule has 2 aromatic rings. The number of carbonyl (C=O) groups excluding carboxylic acids is 2. The molecule has 0 fully saturated rings. The summed E-state index contributed by atoms with van der Waals surface area (Å²) in [7, 11) is 0. The van der Waals surface area contributed by atoms with Crippen LogP contribution >= 0.6 is 11.3 Å². The average molecular weight is 343 g/mol. The Morgan fingerprint density at radius 1 is 1.25 bits per heavy atom. The number of hydrogen-bond acceptors (Lipinski definition) is 4. The van der Waals surface area contributed by atoms with E-state index in [0.717, 1.165) is 30.5 Å². The summed E-state index contributed by atoms with van der Waals surface area (Å²) in [6, 6.07) is 9.46. The fourth-order valence-corrected chi connectivity index (χ4v) is 3.97. The normalized spacial score (nSPS) is 16.3. The summed E-state index contributed by atoms with van der Waals surface area (Å²) in [4.78, 5) is 29.6. The quantitative estimate of drug-likeness (QED) is 0.876. The molecule has 3 rings (SSSR count). The number of amides is 2. The Morgan fingerprint density at radius 2 is 2.04 bits per heavy atom. The maximum atomic E-state index is 12.0. The Morgan fingerprint density at radius 3 is 2.83 bits per heavy atom. The van der Waals surface area contributed by atoms with Crippen molar-refractivity contribution in [1.29, 1.82) is 0 Å². The first-order valence-electron chi connectivity index (χ1n) is 8.19. The first-order chi connectivity index (χ1) is 11.6. The van der Waals surface area contributed by atoms with E-state index in [2.05, 4.69) is 22.5 Å². The van der Waals surface area contributed by atoms with Gasteiger partial charge < -0.3 is 10.6 Å². The fourth-order valence-electron chi connectivity index (χ4n) is 2.78. The predicted octanol–water partition coefficient (Wildman–Crippen LogP) is 2.57. The molecule has 1 aromatic heterocycles. The number of aryl methyl sites for hydroxylation is 1. The van der Waals surface area contributed by atoms with E-state index in [1.54, 1.807) is 11.3 Å². The van der Waals surface area contributed by atoms with Crippen LogP contribution in [0.4, 0.5) is 5.13 Å². The number of benzene rings is 1. The van der Waals surface area contributed by atoms with Crippen LogP contribution in [0.2, 0.25) is 0 Å². The second kappa shape index (κ2) is 7.57. The standard InChI is InChI=1S/C18H21N3O2S/c1-12-7-8-14-15(9-12)24-18(20-14)21-17(23)11-19-16(22)10-13-5-3-2-4-6-13/h2-6,12H,7-11H2,1H3,(H,19,22)(H,20,21,23)/t12-/m1/s1. The molecule has 1 aliphatic rings. The Bertz CT molecular complexity index is 727. The number of rotatable bonds is 5. The molecule has 1 aliphatic carbocycles. The summed E-state index contributed by atoms with van der Waals surface area (Å²) in [5.74, 6) is 0.276. The van der Waals surface area contributed by atoms with E-state index in [1.165, 1.54) is 4.88 Å². The summed E-state index contributed by atoms with van der Waals surface area (Å²) in [5, 5.41) is 6.07. The zero-order chi connectivity index (χ0) is 16.9. The maximum absolute atomic E-state index is 12.0. The summed E-state index contributed by atoms with van der Waals surface area (Å²) >= 11 is 1.55. The molecule has 0 saturated carbocycles. The molecular weight excluding hydrogens is 322 g/mol. The molecule has 2 N–H and O–H groups in total. The van der Waals surface area contributed by atoms with Gasteiger partial charge in [-0.15, -0.1) is 11.3 Å². The van der Waals surface area contributed by atoms with Crippen LogP contribution in [0.15, 0.2) is 30.3 Å². The molecule has 2 amide bonds. The van der Waals surface area contributed by atoms with Gasteiger partial charge in [0.05, 0.1) is 18.7 Å². The largest absolute Gasteiger partial charge is 0.347 e. The highest BCUT2D eigenvalue weighted by Gasteiger charge is 2.20. The highest BCUT2D eigenvalue weighted by molar-refractivity contribution is 7.15. The third-order valence-electron chi connectivity index (χ3n) is 4.09. The Kier molecular flexibility index (Phi) is 5.25. The molecule has 0 radical (unpaired) electrons. The van der Waals surface area contributed by atoms with Gasteiger partial charge in [-0.25, -0.2) is 4.98 Å². The number of hydrogen-bond donors (Lipinski definition) is 2. The lowest BCUT2D eigenvalue weighted by Gasteiger charge is -2.15. The van der Waals surface area contributed by atoms with E-state index in [1.807, 2.05) is 30.3 Å². The van der Waals surface area contributed by atoms with Gasteiger partial charge in [0.15, 0.2) is 5.13 Å². The van der Waals surface area contributed by atoms with Crippen molar-refractivity contribution < 1.29 is 9.59 Å². The van der Waals surface area contributed by atoms with Crippen molar-refractivity contribution in [2.24, 2.45) is 5.92 Å². The van der Waals surface area contributed by atoms with E-state index < -0.39 is 0 Å². The number of thiazole rings is 1. The van der Waals surface area contributed by atoms with Crippen LogP contribution in [0.25, 0.3) is 0 Å². The molecule has 1 heterocycles. The van der Waals surface area contributed by atoms with Crippen LogP contribution in [0.5, 0.6) is 0 Å². The highest BCUT2D eigenvalue weighted by Crippen LogP contribution is 2.31. The van der Waals surface area contributed by atoms with Crippen molar-refractivity contribution in [3.63, 3.8) is 0 Å². The lowest BCUT2D eigenvalue weighted by molar-refractivity contribution is -0.123. The Hall–Kier alpha value is -2.21. The zero-order valence-electron chi connectivity index (χ0n) is 13.7. The number of anilines is 1. The van der Waals surface area contributed by atoms with Gasteiger partial charge >= 0.3 is 0 Å². The molecule has 0 spiro atoms. The number of fused-ring (bicyclic) bond motifs is 1. The third kappa shape index (κ3) is 4.41. The summed E-state index contributed by atoms with van der Waals surface area (Å²) in [6.45, 7) is 2.20. The second-order valence-electron chi connectivity index (χ2n) is 6.22. The Labute approximate surface area is 145 Å². The minimum atomic E-state index is -0.240. The van der Waals surface area contributed by atoms with Crippen LogP contribution in [0.1, 0.15) is 29.5 Å². The smallest absolute Gasteiger partial charge is 0.245 e. The molecule has 6 heteroatoms. The van der Waals surface area contributed by atoms with Crippen molar-refractivity contribution >= 4 is 28.3 Å². The molecule has 1 aromatic carbocycles. The van der Waals surface area contributed by atoms with Crippen molar-refractivity contribution in [3.8, 4) is 0 Å². The van der Waals surface area contributed by atoms with Gasteiger partial charge in [-0.3, -0.25) is 9.59 Å². The first kappa shape index (κ1) is 16.6. The molecule has 0 unspecified atom stereocenters. The van der Waals surface area contributed by atoms with Crippen molar-refractivity contribution in [1.82, 2.24) is 10.3 Å². The van der Waals surface area contributed by atoms with Gasteiger partial charge in [0.1, 0.15) is 0 Å². The van der Waals surface area contributed by atoms with Crippen molar-refractivity contribution in [2.45, 2.75) is 32.6 Å². The van der Waals surface area contributed by atoms with Gasteiger partial charge in [-0.05, 0) is 30.7 Å². The topological polar surface area (TPSA) is 71.1 Å². The van der Waals surface area contributed by atoms with E-state index in [9.17, 15) is 9.59 Å². The van der Waals surface area contributed by atoms with E-state index in [-0.39, 0.29) is 24.8 Å². The highest BCUT2D eigenvalue weighted by atomic mass is 32.1. The Balaban J connectivity index is 1.47. The zero-order valence-corrected chi connectivity index (χ0v) is 14.5. The average Bonchev–Trinajstić information content (AvgIpc) is 2.95. The minimum Gasteiger partial charge on any atom is -0.347 e. The summed E-state index contributed by atoms with van der Waals surface area (Å²) in [6.07, 6.45) is 3.45. The molecule has 0 bridgehead atoms. The number of carbonyl (C=O) groups is 2. The van der Waals surface area contributed by atoms with Gasteiger partial charge in [0.25, 0.3) is 0 Å². The SMILES string of the molecule is C[C@@H]1CCc2nc(NC(=O)CNC(=O)Cc3ccccc3)sc2C1. The van der Waals surface area contributed by atoms with Gasteiger partial charge in [-0.1, -0.05) is 37.3 Å². The monoisotopic (exact) mass is 343 g/mol. The van der Waals surface area contributed by atoms with Crippen LogP contribution in [0, 0.1) is 5.92 Å². The molecule has 0 aliphatic heterocycles. The molecule has 1 atom stereocenters. The number of nitrogens with one attached hydrogen (secondary N) is 2. The fraction of sp³-hybridized carbons (Fsp3) is 0.389. The van der Waals surface area contributed by atoms with E-state index >= 15 is 0 Å². The molecule has 0 saturated heterocycles. The van der Waals surface area contributed by atoms with Crippen molar-refractivity contribution in [3.05, 3.63) is 46.5 Å². The third-order valence-corrected chi connectivity index (χ3v) is 5.12. The number of nitrogens with zero attached hydrogens (tertiary/aromatic N) is 1. The van der Waals surface area contributed by atoms with Crippen LogP contribution in [0.3, 0.4) is 0 Å². The number of aromatic nitrogens is 1. The van der Waals surface area contributed by atoms with E-state index in [0.29, 0.717) is 11.0 Å². The first-order valence-corrected chi connectivity index (χ1v) is 9.01. The van der Waals surface area contributed by atoms with Crippen LogP contribution in [-0.4, -0.2) is 23.3 Å². The summed E-state index contributed by atoms with van der Waals surface area (Å²) < 4.78 is 0. The predicted molar refractivity (Wildman–Crippen MR) is 95.1 cm³/mol. The lowest BCUT2D eigenvalue weighted by Crippen LogP contribution is -2.33. The van der Waals surface area contributed by atoms with Crippen molar-refractivity contribution in [2.75, 3.05) is 11.9 Å². The minimum absolute atomic E-state index is 0.0354. The lowest BCUT2D eigenvalue weighted by atomic mass is 9.93. The maximum Gasteiger partial charge on any atom is 0.245 e. The van der Waals surface area contributed by atoms with E-state index in [4.69, 9.17) is 0 Å². The van der Waals surface area contributed by atoms with Gasteiger partial charge in [0.2, 0.25) is 11.8 Å².